The molecule has 2 aromatic heterocycles. The maximum Gasteiger partial charge on any atom is 0.255 e. The Morgan fingerprint density at radius 2 is 1.69 bits per heavy atom. The Kier molecular flexibility index (Phi) is 5.14. The summed E-state index contributed by atoms with van der Waals surface area (Å²) in [6.45, 7) is 5.45. The van der Waals surface area contributed by atoms with Gasteiger partial charge in [0.25, 0.3) is 5.91 Å². The average Bonchev–Trinajstić information content (AvgIpc) is 3.21. The molecule has 0 aliphatic carbocycles. The zero-order valence-electron chi connectivity index (χ0n) is 16.5. The van der Waals surface area contributed by atoms with Crippen LogP contribution in [0.3, 0.4) is 0 Å². The summed E-state index contributed by atoms with van der Waals surface area (Å²) in [5, 5.41) is 0. The van der Waals surface area contributed by atoms with Crippen LogP contribution in [0.25, 0.3) is 5.65 Å². The van der Waals surface area contributed by atoms with Gasteiger partial charge in [0.05, 0.1) is 10.5 Å². The van der Waals surface area contributed by atoms with Crippen LogP contribution in [0.2, 0.25) is 0 Å². The van der Waals surface area contributed by atoms with E-state index in [1.54, 1.807) is 52.2 Å². The molecule has 0 N–H and O–H groups in total. The Labute approximate surface area is 170 Å². The van der Waals surface area contributed by atoms with E-state index in [1.807, 2.05) is 12.1 Å². The fraction of sp³-hybridized carbons (Fsp3) is 0.333. The van der Waals surface area contributed by atoms with Crippen molar-refractivity contribution in [3.05, 3.63) is 66.1 Å². The first-order valence-electron chi connectivity index (χ1n) is 9.68. The largest absolute Gasteiger partial charge is 0.336 e. The maximum atomic E-state index is 12.9. The van der Waals surface area contributed by atoms with Crippen molar-refractivity contribution in [2.24, 2.45) is 0 Å². The molecule has 3 aromatic rings. The van der Waals surface area contributed by atoms with Gasteiger partial charge in [-0.3, -0.25) is 4.79 Å². The van der Waals surface area contributed by atoms with E-state index in [4.69, 9.17) is 0 Å². The molecular formula is C21H24N4O3S. The third-order valence-electron chi connectivity index (χ3n) is 5.35. The molecular weight excluding hydrogens is 388 g/mol. The van der Waals surface area contributed by atoms with E-state index in [0.717, 1.165) is 11.2 Å². The van der Waals surface area contributed by atoms with Gasteiger partial charge in [-0.1, -0.05) is 26.0 Å². The summed E-state index contributed by atoms with van der Waals surface area (Å²) in [6.07, 6.45) is 5.23. The summed E-state index contributed by atoms with van der Waals surface area (Å²) < 4.78 is 29.1. The van der Waals surface area contributed by atoms with Crippen LogP contribution in [0.5, 0.6) is 0 Å². The highest BCUT2D eigenvalue weighted by Gasteiger charge is 2.30. The molecule has 0 bridgehead atoms. The van der Waals surface area contributed by atoms with Crippen LogP contribution >= 0.6 is 0 Å². The van der Waals surface area contributed by atoms with E-state index in [2.05, 4.69) is 18.8 Å². The van der Waals surface area contributed by atoms with Crippen LogP contribution in [0.15, 0.2) is 59.9 Å². The molecule has 0 spiro atoms. The lowest BCUT2D eigenvalue weighted by Gasteiger charge is -2.34. The molecule has 3 heterocycles. The highest BCUT2D eigenvalue weighted by atomic mass is 32.2. The predicted molar refractivity (Wildman–Crippen MR) is 110 cm³/mol. The van der Waals surface area contributed by atoms with Crippen molar-refractivity contribution in [2.75, 3.05) is 26.2 Å². The van der Waals surface area contributed by atoms with Gasteiger partial charge in [-0.05, 0) is 35.7 Å². The lowest BCUT2D eigenvalue weighted by atomic mass is 10.0. The maximum absolute atomic E-state index is 12.9. The first-order valence-corrected chi connectivity index (χ1v) is 11.1. The zero-order chi connectivity index (χ0) is 20.6. The molecule has 1 amide bonds. The lowest BCUT2D eigenvalue weighted by molar-refractivity contribution is 0.0697. The number of sulfonamides is 1. The van der Waals surface area contributed by atoms with Crippen LogP contribution in [0.1, 0.15) is 35.7 Å². The highest BCUT2D eigenvalue weighted by molar-refractivity contribution is 7.89. The van der Waals surface area contributed by atoms with Crippen molar-refractivity contribution in [1.29, 1.82) is 0 Å². The van der Waals surface area contributed by atoms with Gasteiger partial charge < -0.3 is 9.30 Å². The number of imidazole rings is 1. The number of carbonyl (C=O) groups is 1. The molecule has 0 saturated carbocycles. The number of aromatic nitrogens is 2. The summed E-state index contributed by atoms with van der Waals surface area (Å²) in [6, 6.07) is 10.6. The molecule has 1 aromatic carbocycles. The van der Waals surface area contributed by atoms with Crippen LogP contribution in [0, 0.1) is 0 Å². The summed E-state index contributed by atoms with van der Waals surface area (Å²) in [5.41, 5.74) is 2.45. The van der Waals surface area contributed by atoms with E-state index in [0.29, 0.717) is 29.5 Å². The number of pyridine rings is 1. The van der Waals surface area contributed by atoms with Crippen molar-refractivity contribution < 1.29 is 13.2 Å². The number of benzene rings is 1. The number of fused-ring (bicyclic) bond motifs is 1. The van der Waals surface area contributed by atoms with Gasteiger partial charge in [0, 0.05) is 44.8 Å². The van der Waals surface area contributed by atoms with E-state index in [1.165, 1.54) is 4.31 Å². The van der Waals surface area contributed by atoms with Gasteiger partial charge in [-0.15, -0.1) is 0 Å². The van der Waals surface area contributed by atoms with E-state index >= 15 is 0 Å². The standard InChI is InChI=1S/C21H24N4O3S/c1-16(2)17-3-6-19(7-4-17)29(27,28)25-13-11-23(12-14-25)21(26)18-5-8-20-22-9-10-24(20)15-18/h3-10,15-16H,11-14H2,1-2H3. The Morgan fingerprint density at radius 3 is 2.34 bits per heavy atom. The molecule has 8 heteroatoms. The predicted octanol–water partition coefficient (Wildman–Crippen LogP) is 2.60. The fourth-order valence-electron chi connectivity index (χ4n) is 3.53. The van der Waals surface area contributed by atoms with Crippen LogP contribution < -0.4 is 0 Å². The Balaban J connectivity index is 1.44. The first kappa shape index (κ1) is 19.6. The molecule has 0 unspecified atom stereocenters. The zero-order valence-corrected chi connectivity index (χ0v) is 17.3. The van der Waals surface area contributed by atoms with Gasteiger partial charge in [0.1, 0.15) is 5.65 Å². The number of amides is 1. The fourth-order valence-corrected chi connectivity index (χ4v) is 4.96. The minimum Gasteiger partial charge on any atom is -0.336 e. The third kappa shape index (κ3) is 3.77. The van der Waals surface area contributed by atoms with Gasteiger partial charge in [-0.25, -0.2) is 13.4 Å². The summed E-state index contributed by atoms with van der Waals surface area (Å²) in [4.78, 5) is 19.0. The van der Waals surface area contributed by atoms with Crippen molar-refractivity contribution in [3.8, 4) is 0 Å². The van der Waals surface area contributed by atoms with Gasteiger partial charge in [-0.2, -0.15) is 4.31 Å². The first-order chi connectivity index (χ1) is 13.9. The lowest BCUT2D eigenvalue weighted by Crippen LogP contribution is -2.50. The van der Waals surface area contributed by atoms with Crippen LogP contribution in [0.4, 0.5) is 0 Å². The normalized spacial score (nSPS) is 15.9. The van der Waals surface area contributed by atoms with Crippen LogP contribution in [-0.2, 0) is 10.0 Å². The van der Waals surface area contributed by atoms with E-state index < -0.39 is 10.0 Å². The Morgan fingerprint density at radius 1 is 1.00 bits per heavy atom. The van der Waals surface area contributed by atoms with Crippen molar-refractivity contribution >= 4 is 21.6 Å². The summed E-state index contributed by atoms with van der Waals surface area (Å²) in [5.74, 6) is 0.252. The molecule has 1 fully saturated rings. The van der Waals surface area contributed by atoms with Gasteiger partial charge in [0.2, 0.25) is 10.0 Å². The van der Waals surface area contributed by atoms with Gasteiger partial charge in [0.15, 0.2) is 0 Å². The molecule has 7 nitrogen and oxygen atoms in total. The molecule has 1 aliphatic heterocycles. The summed E-state index contributed by atoms with van der Waals surface area (Å²) >= 11 is 0. The Bertz CT molecular complexity index is 1130. The third-order valence-corrected chi connectivity index (χ3v) is 7.26. The van der Waals surface area contributed by atoms with Gasteiger partial charge >= 0.3 is 0 Å². The topological polar surface area (TPSA) is 75.0 Å². The molecule has 4 rings (SSSR count). The monoisotopic (exact) mass is 412 g/mol. The van der Waals surface area contributed by atoms with Crippen molar-refractivity contribution in [1.82, 2.24) is 18.6 Å². The molecule has 29 heavy (non-hydrogen) atoms. The number of nitrogens with zero attached hydrogens (tertiary/aromatic N) is 4. The number of carbonyl (C=O) groups excluding carboxylic acids is 1. The second-order valence-electron chi connectivity index (χ2n) is 7.53. The van der Waals surface area contributed by atoms with Crippen molar-refractivity contribution in [2.45, 2.75) is 24.7 Å². The summed E-state index contributed by atoms with van der Waals surface area (Å²) in [7, 11) is -3.56. The Hall–Kier alpha value is -2.71. The highest BCUT2D eigenvalue weighted by Crippen LogP contribution is 2.21. The number of hydrogen-bond acceptors (Lipinski definition) is 4. The van der Waals surface area contributed by atoms with Crippen molar-refractivity contribution in [3.63, 3.8) is 0 Å². The smallest absolute Gasteiger partial charge is 0.255 e. The number of piperazine rings is 1. The average molecular weight is 413 g/mol. The molecule has 0 radical (unpaired) electrons. The molecule has 0 atom stereocenters. The number of rotatable bonds is 4. The van der Waals surface area contributed by atoms with E-state index in [9.17, 15) is 13.2 Å². The SMILES string of the molecule is CC(C)c1ccc(S(=O)(=O)N2CCN(C(=O)c3ccc4nccn4c3)CC2)cc1. The second-order valence-corrected chi connectivity index (χ2v) is 9.47. The quantitative estimate of drug-likeness (QED) is 0.660. The number of hydrogen-bond donors (Lipinski definition) is 0. The minimum absolute atomic E-state index is 0.0982. The molecule has 1 aliphatic rings. The van der Waals surface area contributed by atoms with Crippen LogP contribution in [-0.4, -0.2) is 59.1 Å². The minimum atomic E-state index is -3.56. The second kappa shape index (κ2) is 7.61. The van der Waals surface area contributed by atoms with E-state index in [-0.39, 0.29) is 19.0 Å². The molecule has 1 saturated heterocycles. The molecule has 152 valence electrons.